The summed E-state index contributed by atoms with van der Waals surface area (Å²) in [6.07, 6.45) is 0.693. The van der Waals surface area contributed by atoms with Crippen molar-refractivity contribution < 1.29 is 43.7 Å². The normalized spacial score (nSPS) is 13.8. The Hall–Kier alpha value is -5.57. The number of Topliss-reactive ketones (excluding diaryl/α,β-unsaturated/α-hetero) is 1. The molecular formula is C30H22Cl3N11O10S3. The van der Waals surface area contributed by atoms with Gasteiger partial charge in [0.05, 0.1) is 21.8 Å². The van der Waals surface area contributed by atoms with Crippen LogP contribution in [0, 0.1) is 0 Å². The van der Waals surface area contributed by atoms with Crippen molar-refractivity contribution in [2.75, 3.05) is 33.7 Å². The molecule has 0 saturated heterocycles. The molecule has 0 atom stereocenters. The zero-order valence-corrected chi connectivity index (χ0v) is 32.8. The monoisotopic (exact) mass is 897 g/mol. The molecule has 0 saturated carbocycles. The molecule has 0 aliphatic heterocycles. The second-order valence-electron chi connectivity index (χ2n) is 11.2. The number of fused-ring (bicyclic) bond motifs is 1. The maximum Gasteiger partial charge on any atom is 0.296 e. The van der Waals surface area contributed by atoms with Gasteiger partial charge in [-0.25, -0.2) is 4.98 Å². The summed E-state index contributed by atoms with van der Waals surface area (Å²) >= 11 is 18.1. The molecule has 57 heavy (non-hydrogen) atoms. The molecule has 1 aliphatic carbocycles. The van der Waals surface area contributed by atoms with Crippen molar-refractivity contribution in [3.63, 3.8) is 0 Å². The van der Waals surface area contributed by atoms with Crippen LogP contribution in [-0.4, -0.2) is 82.4 Å². The Balaban J connectivity index is 1.40. The van der Waals surface area contributed by atoms with Crippen molar-refractivity contribution in [2.24, 2.45) is 5.10 Å². The number of hydrazone groups is 1. The second-order valence-corrected chi connectivity index (χ2v) is 16.5. The van der Waals surface area contributed by atoms with Gasteiger partial charge in [0.1, 0.15) is 14.8 Å². The van der Waals surface area contributed by atoms with E-state index in [0.717, 1.165) is 24.3 Å². The van der Waals surface area contributed by atoms with Gasteiger partial charge in [-0.15, -0.1) is 0 Å². The quantitative estimate of drug-likeness (QED) is 0.0342. The Morgan fingerprint density at radius 2 is 1.33 bits per heavy atom. The molecule has 2 aromatic heterocycles. The first-order valence-corrected chi connectivity index (χ1v) is 20.7. The van der Waals surface area contributed by atoms with Gasteiger partial charge in [-0.1, -0.05) is 41.4 Å². The molecule has 5 aromatic rings. The summed E-state index contributed by atoms with van der Waals surface area (Å²) < 4.78 is 103. The van der Waals surface area contributed by atoms with Crippen LogP contribution >= 0.6 is 34.8 Å². The van der Waals surface area contributed by atoms with Gasteiger partial charge in [0, 0.05) is 18.4 Å². The summed E-state index contributed by atoms with van der Waals surface area (Å²) in [5.74, 6) is -1.63. The first-order valence-electron chi connectivity index (χ1n) is 15.2. The summed E-state index contributed by atoms with van der Waals surface area (Å²) in [6, 6.07) is 12.8. The minimum atomic E-state index is -5.29. The van der Waals surface area contributed by atoms with E-state index in [4.69, 9.17) is 34.8 Å². The molecule has 0 amide bonds. The minimum Gasteiger partial charge on any atom is -0.357 e. The van der Waals surface area contributed by atoms with Gasteiger partial charge in [0.25, 0.3) is 30.4 Å². The smallest absolute Gasteiger partial charge is 0.296 e. The van der Waals surface area contributed by atoms with Crippen molar-refractivity contribution in [1.82, 2.24) is 24.9 Å². The maximum atomic E-state index is 14.1. The zero-order chi connectivity index (χ0) is 41.4. The number of nitrogens with zero attached hydrogens (tertiary/aromatic N) is 6. The van der Waals surface area contributed by atoms with Crippen LogP contribution in [0.25, 0.3) is 6.08 Å². The Kier molecular flexibility index (Phi) is 11.4. The second kappa shape index (κ2) is 15.8. The van der Waals surface area contributed by atoms with Crippen molar-refractivity contribution in [3.8, 4) is 0 Å². The summed E-state index contributed by atoms with van der Waals surface area (Å²) in [5, 5.41) is 14.8. The molecule has 2 heterocycles. The largest absolute Gasteiger partial charge is 0.357 e. The average molecular weight is 899 g/mol. The lowest BCUT2D eigenvalue weighted by Gasteiger charge is -2.21. The van der Waals surface area contributed by atoms with E-state index in [0.29, 0.717) is 17.5 Å². The Bertz CT molecular complexity index is 2900. The molecule has 296 valence electrons. The Morgan fingerprint density at radius 3 is 1.98 bits per heavy atom. The number of anilines is 8. The summed E-state index contributed by atoms with van der Waals surface area (Å²) in [6.45, 7) is 0. The van der Waals surface area contributed by atoms with Crippen molar-refractivity contribution in [3.05, 3.63) is 92.2 Å². The Labute approximate surface area is 336 Å². The summed E-state index contributed by atoms with van der Waals surface area (Å²) in [7, 11) is -13.7. The number of aromatic nitrogens is 5. The third kappa shape index (κ3) is 9.36. The molecule has 8 N–H and O–H groups in total. The van der Waals surface area contributed by atoms with Crippen LogP contribution in [0.3, 0.4) is 0 Å². The third-order valence-electron chi connectivity index (χ3n) is 7.40. The van der Waals surface area contributed by atoms with E-state index in [1.54, 1.807) is 24.3 Å². The van der Waals surface area contributed by atoms with Crippen LogP contribution in [0.1, 0.15) is 15.9 Å². The van der Waals surface area contributed by atoms with E-state index in [1.165, 1.54) is 19.2 Å². The lowest BCUT2D eigenvalue weighted by molar-refractivity contribution is 0.106. The molecule has 0 unspecified atom stereocenters. The van der Waals surface area contributed by atoms with Gasteiger partial charge >= 0.3 is 0 Å². The number of para-hydroxylation sites is 1. The van der Waals surface area contributed by atoms with Crippen molar-refractivity contribution >= 4 is 129 Å². The molecule has 0 bridgehead atoms. The fraction of sp³-hybridized carbons (Fsp3) is 0.0333. The molecule has 21 nitrogen and oxygen atoms in total. The van der Waals surface area contributed by atoms with Gasteiger partial charge in [-0.05, 0) is 65.7 Å². The fourth-order valence-corrected chi connectivity index (χ4v) is 7.39. The SMILES string of the molecule is CNc1nc(Nc2cccc(Nc3nc(Cl)nc(Cl)c3Cl)c2)nc(Nc2cc(S(=O)(=O)O)cc3c2C(=O)C(=NNc2ccccc2S(=O)(=O)O)C(S(=O)(=O)O)=C3)n1. The molecular weight excluding hydrogens is 877 g/mol. The highest BCUT2D eigenvalue weighted by Gasteiger charge is 2.36. The molecule has 27 heteroatoms. The first kappa shape index (κ1) is 41.1. The van der Waals surface area contributed by atoms with Crippen LogP contribution in [0.5, 0.6) is 0 Å². The number of rotatable bonds is 12. The average Bonchev–Trinajstić information content (AvgIpc) is 3.12. The van der Waals surface area contributed by atoms with Crippen LogP contribution < -0.4 is 26.7 Å². The number of nitrogens with one attached hydrogen (secondary N) is 5. The summed E-state index contributed by atoms with van der Waals surface area (Å²) in [5.41, 5.74) is 0.372. The van der Waals surface area contributed by atoms with E-state index in [2.05, 4.69) is 56.7 Å². The van der Waals surface area contributed by atoms with Crippen LogP contribution in [0.15, 0.2) is 80.5 Å². The van der Waals surface area contributed by atoms with E-state index in [1.807, 2.05) is 0 Å². The van der Waals surface area contributed by atoms with Gasteiger partial charge in [0.2, 0.25) is 28.9 Å². The van der Waals surface area contributed by atoms with Gasteiger partial charge in [0.15, 0.2) is 16.7 Å². The maximum absolute atomic E-state index is 14.1. The molecule has 0 spiro atoms. The highest BCUT2D eigenvalue weighted by atomic mass is 35.5. The standard InChI is InChI=1S/C30H22Cl3N11O10S3/c1-34-28-40-29(36-15-6-4-5-14(11-15)35-26-22(31)25(32)38-27(33)39-26)42-30(41-28)37-18-12-16(55(46,47)48)9-13-10-20(57(52,53)54)23(24(45)21(13)18)44-43-17-7-2-3-8-19(17)56(49,50)51/h2-12,43H,1H3,(H,35,38,39)(H,46,47,48)(H,49,50,51)(H,52,53,54)(H3,34,36,37,40,41,42). The topological polar surface area (TPSA) is 317 Å². The predicted octanol–water partition coefficient (Wildman–Crippen LogP) is 5.28. The van der Waals surface area contributed by atoms with E-state index < -0.39 is 79.0 Å². The number of halogens is 3. The minimum absolute atomic E-state index is 0.00634. The first-order chi connectivity index (χ1) is 26.7. The van der Waals surface area contributed by atoms with Crippen molar-refractivity contribution in [1.29, 1.82) is 0 Å². The van der Waals surface area contributed by atoms with Gasteiger partial charge in [-0.3, -0.25) is 23.9 Å². The van der Waals surface area contributed by atoms with E-state index in [-0.39, 0.29) is 39.1 Å². The number of hydrogen-bond acceptors (Lipinski definition) is 18. The lowest BCUT2D eigenvalue weighted by Crippen LogP contribution is -2.28. The number of ketones is 1. The number of allylic oxidation sites excluding steroid dienone is 1. The van der Waals surface area contributed by atoms with Crippen LogP contribution in [0.2, 0.25) is 15.5 Å². The number of benzene rings is 3. The van der Waals surface area contributed by atoms with Gasteiger partial charge in [-0.2, -0.15) is 50.3 Å². The molecule has 3 aromatic carbocycles. The molecule has 0 fully saturated rings. The number of hydrogen-bond donors (Lipinski definition) is 8. The van der Waals surface area contributed by atoms with E-state index >= 15 is 0 Å². The lowest BCUT2D eigenvalue weighted by atomic mass is 9.93. The third-order valence-corrected chi connectivity index (χ3v) is 10.9. The molecule has 6 rings (SSSR count). The fourth-order valence-electron chi connectivity index (χ4n) is 5.03. The summed E-state index contributed by atoms with van der Waals surface area (Å²) in [4.78, 5) is 31.9. The Morgan fingerprint density at radius 1 is 0.684 bits per heavy atom. The highest BCUT2D eigenvalue weighted by Crippen LogP contribution is 2.36. The molecule has 0 radical (unpaired) electrons. The predicted molar refractivity (Wildman–Crippen MR) is 210 cm³/mol. The van der Waals surface area contributed by atoms with Crippen LogP contribution in [0.4, 0.5) is 46.4 Å². The van der Waals surface area contributed by atoms with E-state index in [9.17, 15) is 43.7 Å². The van der Waals surface area contributed by atoms with Gasteiger partial charge < -0.3 is 21.3 Å². The highest BCUT2D eigenvalue weighted by molar-refractivity contribution is 7.91. The van der Waals surface area contributed by atoms with Crippen LogP contribution in [-0.2, 0) is 30.4 Å². The molecule has 1 aliphatic rings. The zero-order valence-electron chi connectivity index (χ0n) is 28.1. The number of carbonyl (C=O) groups is 1. The van der Waals surface area contributed by atoms with Crippen molar-refractivity contribution in [2.45, 2.75) is 9.79 Å². The number of carbonyl (C=O) groups excluding carboxylic acids is 1.